The summed E-state index contributed by atoms with van der Waals surface area (Å²) in [6.45, 7) is 0. The summed E-state index contributed by atoms with van der Waals surface area (Å²) in [5, 5.41) is 12.4. The number of benzene rings is 1. The molecule has 6 heteroatoms. The van der Waals surface area contributed by atoms with Gasteiger partial charge in [0.05, 0.1) is 10.6 Å². The summed E-state index contributed by atoms with van der Waals surface area (Å²) in [5.74, 6) is -1.42. The van der Waals surface area contributed by atoms with Crippen LogP contribution in [-0.4, -0.2) is 22.5 Å². The predicted molar refractivity (Wildman–Crippen MR) is 80.1 cm³/mol. The number of hydrogen-bond donors (Lipinski definition) is 2. The standard InChI is InChI=1S/C14H15BrClNO3/c15-9-4-5-11(16)10(8-9)12(18)17-14(13(19)20)6-2-1-3-7-14/h4-5,8H,1-3,6-7H2,(H,17,18)(H,19,20). The lowest BCUT2D eigenvalue weighted by molar-refractivity contribution is -0.145. The molecule has 0 saturated heterocycles. The zero-order valence-electron chi connectivity index (χ0n) is 10.8. The van der Waals surface area contributed by atoms with Gasteiger partial charge < -0.3 is 10.4 Å². The first-order valence-electron chi connectivity index (χ1n) is 6.45. The molecule has 1 aromatic carbocycles. The van der Waals surface area contributed by atoms with Crippen LogP contribution in [0.2, 0.25) is 5.02 Å². The molecule has 0 spiro atoms. The lowest BCUT2D eigenvalue weighted by Gasteiger charge is -2.34. The molecule has 0 heterocycles. The molecule has 2 N–H and O–H groups in total. The van der Waals surface area contributed by atoms with Crippen molar-refractivity contribution in [3.63, 3.8) is 0 Å². The number of carbonyl (C=O) groups is 2. The third kappa shape index (κ3) is 3.15. The SMILES string of the molecule is O=C(NC1(C(=O)O)CCCCC1)c1cc(Br)ccc1Cl. The van der Waals surface area contributed by atoms with Crippen LogP contribution in [0.25, 0.3) is 0 Å². The highest BCUT2D eigenvalue weighted by atomic mass is 79.9. The fourth-order valence-electron chi connectivity index (χ4n) is 2.50. The molecule has 0 aromatic heterocycles. The van der Waals surface area contributed by atoms with Gasteiger partial charge in [0, 0.05) is 4.47 Å². The van der Waals surface area contributed by atoms with Crippen LogP contribution < -0.4 is 5.32 Å². The number of carbonyl (C=O) groups excluding carboxylic acids is 1. The van der Waals surface area contributed by atoms with Crippen molar-refractivity contribution in [3.05, 3.63) is 33.3 Å². The smallest absolute Gasteiger partial charge is 0.329 e. The topological polar surface area (TPSA) is 66.4 Å². The minimum atomic E-state index is -1.17. The van der Waals surface area contributed by atoms with E-state index in [0.29, 0.717) is 17.9 Å². The van der Waals surface area contributed by atoms with Gasteiger partial charge in [0.2, 0.25) is 0 Å². The number of nitrogens with one attached hydrogen (secondary N) is 1. The van der Waals surface area contributed by atoms with Crippen LogP contribution in [0, 0.1) is 0 Å². The van der Waals surface area contributed by atoms with E-state index in [4.69, 9.17) is 11.6 Å². The Morgan fingerprint density at radius 1 is 1.25 bits per heavy atom. The molecule has 4 nitrogen and oxygen atoms in total. The molecule has 1 saturated carbocycles. The molecule has 2 rings (SSSR count). The maximum absolute atomic E-state index is 12.3. The van der Waals surface area contributed by atoms with E-state index in [0.717, 1.165) is 23.7 Å². The zero-order valence-corrected chi connectivity index (χ0v) is 13.1. The van der Waals surface area contributed by atoms with Crippen LogP contribution in [0.5, 0.6) is 0 Å². The highest BCUT2D eigenvalue weighted by Gasteiger charge is 2.41. The van der Waals surface area contributed by atoms with Gasteiger partial charge >= 0.3 is 5.97 Å². The summed E-state index contributed by atoms with van der Waals surface area (Å²) in [7, 11) is 0. The minimum absolute atomic E-state index is 0.284. The van der Waals surface area contributed by atoms with Gasteiger partial charge in [-0.2, -0.15) is 0 Å². The lowest BCUT2D eigenvalue weighted by Crippen LogP contribution is -2.55. The van der Waals surface area contributed by atoms with E-state index in [1.165, 1.54) is 0 Å². The second-order valence-electron chi connectivity index (χ2n) is 5.03. The van der Waals surface area contributed by atoms with Gasteiger partial charge in [-0.05, 0) is 31.0 Å². The van der Waals surface area contributed by atoms with Crippen molar-refractivity contribution in [3.8, 4) is 0 Å². The Morgan fingerprint density at radius 2 is 1.90 bits per heavy atom. The third-order valence-electron chi connectivity index (χ3n) is 3.64. The van der Waals surface area contributed by atoms with E-state index >= 15 is 0 Å². The summed E-state index contributed by atoms with van der Waals surface area (Å²) in [6.07, 6.45) is 3.53. The summed E-state index contributed by atoms with van der Waals surface area (Å²) in [6, 6.07) is 4.93. The molecular formula is C14H15BrClNO3. The molecule has 1 fully saturated rings. The van der Waals surface area contributed by atoms with Crippen molar-refractivity contribution in [1.29, 1.82) is 0 Å². The van der Waals surface area contributed by atoms with Gasteiger partial charge in [0.25, 0.3) is 5.91 Å². The Labute approximate surface area is 130 Å². The Balaban J connectivity index is 2.24. The first kappa shape index (κ1) is 15.3. The molecule has 20 heavy (non-hydrogen) atoms. The number of halogens is 2. The molecule has 0 radical (unpaired) electrons. The number of rotatable bonds is 3. The molecule has 1 aromatic rings. The molecule has 0 bridgehead atoms. The Bertz CT molecular complexity index is 541. The first-order chi connectivity index (χ1) is 9.44. The monoisotopic (exact) mass is 359 g/mol. The van der Waals surface area contributed by atoms with E-state index in [-0.39, 0.29) is 5.56 Å². The first-order valence-corrected chi connectivity index (χ1v) is 7.63. The van der Waals surface area contributed by atoms with Crippen LogP contribution >= 0.6 is 27.5 Å². The van der Waals surface area contributed by atoms with Crippen LogP contribution in [0.1, 0.15) is 42.5 Å². The van der Waals surface area contributed by atoms with E-state index < -0.39 is 17.4 Å². The van der Waals surface area contributed by atoms with Crippen molar-refractivity contribution < 1.29 is 14.7 Å². The Kier molecular flexibility index (Phi) is 4.70. The fourth-order valence-corrected chi connectivity index (χ4v) is 3.07. The van der Waals surface area contributed by atoms with E-state index in [2.05, 4.69) is 21.2 Å². The van der Waals surface area contributed by atoms with Gasteiger partial charge in [-0.15, -0.1) is 0 Å². The van der Waals surface area contributed by atoms with Gasteiger partial charge in [-0.1, -0.05) is 46.8 Å². The molecule has 0 atom stereocenters. The Hall–Kier alpha value is -1.07. The van der Waals surface area contributed by atoms with Crippen LogP contribution in [-0.2, 0) is 4.79 Å². The molecule has 108 valence electrons. The number of hydrogen-bond acceptors (Lipinski definition) is 2. The zero-order chi connectivity index (χ0) is 14.8. The van der Waals surface area contributed by atoms with Crippen molar-refractivity contribution in [1.82, 2.24) is 5.32 Å². The van der Waals surface area contributed by atoms with Gasteiger partial charge in [-0.3, -0.25) is 4.79 Å². The van der Waals surface area contributed by atoms with Gasteiger partial charge in [-0.25, -0.2) is 4.79 Å². The molecule has 0 aliphatic heterocycles. The van der Waals surface area contributed by atoms with Gasteiger partial charge in [0.15, 0.2) is 0 Å². The molecule has 0 unspecified atom stereocenters. The van der Waals surface area contributed by atoms with Crippen LogP contribution in [0.3, 0.4) is 0 Å². The number of aliphatic carboxylic acids is 1. The maximum Gasteiger partial charge on any atom is 0.329 e. The second kappa shape index (κ2) is 6.14. The van der Waals surface area contributed by atoms with Crippen LogP contribution in [0.4, 0.5) is 0 Å². The highest BCUT2D eigenvalue weighted by Crippen LogP contribution is 2.30. The summed E-state index contributed by atoms with van der Waals surface area (Å²) < 4.78 is 0.722. The lowest BCUT2D eigenvalue weighted by atomic mass is 9.81. The maximum atomic E-state index is 12.3. The van der Waals surface area contributed by atoms with Crippen molar-refractivity contribution in [2.75, 3.05) is 0 Å². The van der Waals surface area contributed by atoms with Gasteiger partial charge in [0.1, 0.15) is 5.54 Å². The van der Waals surface area contributed by atoms with Crippen molar-refractivity contribution in [2.24, 2.45) is 0 Å². The average molecular weight is 361 g/mol. The number of carboxylic acids is 1. The van der Waals surface area contributed by atoms with Crippen LogP contribution in [0.15, 0.2) is 22.7 Å². The quantitative estimate of drug-likeness (QED) is 0.865. The largest absolute Gasteiger partial charge is 0.480 e. The molecule has 1 aliphatic carbocycles. The third-order valence-corrected chi connectivity index (χ3v) is 4.47. The number of amides is 1. The average Bonchev–Trinajstić information content (AvgIpc) is 2.42. The predicted octanol–water partition coefficient (Wildman–Crippen LogP) is 3.62. The fraction of sp³-hybridized carbons (Fsp3) is 0.429. The van der Waals surface area contributed by atoms with Crippen molar-refractivity contribution in [2.45, 2.75) is 37.6 Å². The second-order valence-corrected chi connectivity index (χ2v) is 6.35. The molecule has 1 aliphatic rings. The molecule has 1 amide bonds. The normalized spacial score (nSPS) is 17.5. The number of carboxylic acid groups (broad SMARTS) is 1. The van der Waals surface area contributed by atoms with Crippen molar-refractivity contribution >= 4 is 39.4 Å². The highest BCUT2D eigenvalue weighted by molar-refractivity contribution is 9.10. The van der Waals surface area contributed by atoms with E-state index in [9.17, 15) is 14.7 Å². The van der Waals surface area contributed by atoms with E-state index in [1.54, 1.807) is 18.2 Å². The Morgan fingerprint density at radius 3 is 2.50 bits per heavy atom. The van der Waals surface area contributed by atoms with E-state index in [1.807, 2.05) is 0 Å². The summed E-state index contributed by atoms with van der Waals surface area (Å²) in [5.41, 5.74) is -0.881. The molecular weight excluding hydrogens is 346 g/mol. The summed E-state index contributed by atoms with van der Waals surface area (Å²) in [4.78, 5) is 23.9. The minimum Gasteiger partial charge on any atom is -0.480 e. The summed E-state index contributed by atoms with van der Waals surface area (Å²) >= 11 is 9.28.